The number of benzene rings is 1. The summed E-state index contributed by atoms with van der Waals surface area (Å²) in [5.41, 5.74) is 0.171. The van der Waals surface area contributed by atoms with E-state index in [1.54, 1.807) is 0 Å². The number of rotatable bonds is 13. The van der Waals surface area contributed by atoms with E-state index in [0.29, 0.717) is 13.2 Å². The lowest BCUT2D eigenvalue weighted by atomic mass is 9.77. The minimum Gasteiger partial charge on any atom is -0.431 e. The molecule has 1 aromatic carbocycles. The van der Waals surface area contributed by atoms with Crippen LogP contribution >= 0.6 is 0 Å². The highest BCUT2D eigenvalue weighted by Crippen LogP contribution is 2.34. The summed E-state index contributed by atoms with van der Waals surface area (Å²) in [5, 5.41) is 10.8. The first-order valence-electron chi connectivity index (χ1n) is 12.6. The summed E-state index contributed by atoms with van der Waals surface area (Å²) in [5.74, 6) is 0.162. The van der Waals surface area contributed by atoms with Crippen molar-refractivity contribution < 1.29 is 28.7 Å². The Balaban J connectivity index is 2.73. The average Bonchev–Trinajstić information content (AvgIpc) is 2.66. The van der Waals surface area contributed by atoms with Gasteiger partial charge in [-0.15, -0.1) is 0 Å². The molecule has 0 saturated heterocycles. The Bertz CT molecular complexity index is 833. The van der Waals surface area contributed by atoms with Crippen LogP contribution in [0.3, 0.4) is 0 Å². The highest BCUT2D eigenvalue weighted by Gasteiger charge is 2.29. The highest BCUT2D eigenvalue weighted by atomic mass is 16.7. The molecule has 0 aliphatic heterocycles. The Morgan fingerprint density at radius 3 is 1.81 bits per heavy atom. The highest BCUT2D eigenvalue weighted by molar-refractivity contribution is 5.64. The lowest BCUT2D eigenvalue weighted by molar-refractivity contribution is -0.384. The number of nitro benzene ring substituents is 1. The smallest absolute Gasteiger partial charge is 0.431 e. The molecule has 36 heavy (non-hydrogen) atoms. The van der Waals surface area contributed by atoms with E-state index < -0.39 is 17.2 Å². The van der Waals surface area contributed by atoms with E-state index in [4.69, 9.17) is 18.9 Å². The summed E-state index contributed by atoms with van der Waals surface area (Å²) in [6, 6.07) is 5.23. The van der Waals surface area contributed by atoms with Gasteiger partial charge in [-0.25, -0.2) is 4.79 Å². The van der Waals surface area contributed by atoms with Gasteiger partial charge >= 0.3 is 6.16 Å². The van der Waals surface area contributed by atoms with Gasteiger partial charge < -0.3 is 18.9 Å². The van der Waals surface area contributed by atoms with Crippen molar-refractivity contribution in [3.63, 3.8) is 0 Å². The van der Waals surface area contributed by atoms with Crippen LogP contribution in [0.1, 0.15) is 82.1 Å². The molecule has 1 unspecified atom stereocenters. The fourth-order valence-corrected chi connectivity index (χ4v) is 4.85. The van der Waals surface area contributed by atoms with Gasteiger partial charge in [0.1, 0.15) is 18.5 Å². The van der Waals surface area contributed by atoms with Crippen molar-refractivity contribution in [2.75, 3.05) is 26.4 Å². The number of non-ortho nitro benzene ring substituents is 1. The predicted octanol–water partition coefficient (Wildman–Crippen LogP) is 7.44. The van der Waals surface area contributed by atoms with Gasteiger partial charge in [0.25, 0.3) is 5.69 Å². The van der Waals surface area contributed by atoms with Crippen LogP contribution < -0.4 is 4.74 Å². The van der Waals surface area contributed by atoms with E-state index in [2.05, 4.69) is 69.2 Å². The fourth-order valence-electron chi connectivity index (χ4n) is 4.85. The number of ether oxygens (including phenoxy) is 4. The zero-order chi connectivity index (χ0) is 27.8. The quantitative estimate of drug-likeness (QED) is 0.118. The number of carbonyl (C=O) groups is 1. The second kappa shape index (κ2) is 12.9. The van der Waals surface area contributed by atoms with Crippen LogP contribution in [-0.2, 0) is 14.2 Å². The van der Waals surface area contributed by atoms with E-state index in [1.807, 2.05) is 0 Å². The number of nitrogens with zero attached hydrogens (tertiary/aromatic N) is 1. The van der Waals surface area contributed by atoms with Crippen molar-refractivity contribution in [2.24, 2.45) is 21.7 Å². The molecule has 0 saturated carbocycles. The minimum absolute atomic E-state index is 0.00991. The number of hydrogen-bond donors (Lipinski definition) is 0. The molecule has 0 aliphatic rings. The summed E-state index contributed by atoms with van der Waals surface area (Å²) in [4.78, 5) is 22.5. The van der Waals surface area contributed by atoms with Crippen molar-refractivity contribution >= 4 is 11.8 Å². The topological polar surface area (TPSA) is 97.1 Å². The van der Waals surface area contributed by atoms with Crippen LogP contribution in [0.5, 0.6) is 5.75 Å². The van der Waals surface area contributed by atoms with Crippen molar-refractivity contribution in [1.82, 2.24) is 0 Å². The SMILES string of the molecule is CC(C)(C)CC(C)(C)COCC(COC(=O)Oc1ccc([N+](=O)[O-])cc1)OCC(C)(C)CC(C)(C)C. The molecule has 0 aliphatic carbocycles. The number of nitro groups is 1. The molecule has 0 aromatic heterocycles. The van der Waals surface area contributed by atoms with Gasteiger partial charge in [0, 0.05) is 12.1 Å². The first-order valence-corrected chi connectivity index (χ1v) is 12.6. The Hall–Kier alpha value is -2.19. The molecule has 1 aromatic rings. The van der Waals surface area contributed by atoms with E-state index in [1.165, 1.54) is 24.3 Å². The summed E-state index contributed by atoms with van der Waals surface area (Å²) in [6.07, 6.45) is 0.607. The molecule has 0 spiro atoms. The van der Waals surface area contributed by atoms with Gasteiger partial charge in [-0.3, -0.25) is 10.1 Å². The number of carbonyl (C=O) groups excluding carboxylic acids is 1. The van der Waals surface area contributed by atoms with E-state index in [9.17, 15) is 14.9 Å². The van der Waals surface area contributed by atoms with Gasteiger partial charge in [0.05, 0.1) is 24.7 Å². The molecule has 8 nitrogen and oxygen atoms in total. The van der Waals surface area contributed by atoms with Crippen molar-refractivity contribution in [3.8, 4) is 5.75 Å². The Kier molecular flexibility index (Phi) is 11.4. The second-order valence-electron chi connectivity index (χ2n) is 13.7. The third-order valence-electron chi connectivity index (χ3n) is 5.16. The van der Waals surface area contributed by atoms with Crippen molar-refractivity contribution in [1.29, 1.82) is 0 Å². The van der Waals surface area contributed by atoms with Crippen LogP contribution in [0.15, 0.2) is 24.3 Å². The van der Waals surface area contributed by atoms with Crippen LogP contribution in [0.4, 0.5) is 10.5 Å². The Morgan fingerprint density at radius 2 is 1.33 bits per heavy atom. The van der Waals surface area contributed by atoms with E-state index >= 15 is 0 Å². The third kappa shape index (κ3) is 14.4. The zero-order valence-electron chi connectivity index (χ0n) is 23.9. The first kappa shape index (κ1) is 31.8. The molecule has 1 atom stereocenters. The Morgan fingerprint density at radius 1 is 0.833 bits per heavy atom. The maximum Gasteiger partial charge on any atom is 0.513 e. The maximum absolute atomic E-state index is 12.2. The monoisotopic (exact) mass is 509 g/mol. The van der Waals surface area contributed by atoms with Gasteiger partial charge in [0.15, 0.2) is 0 Å². The van der Waals surface area contributed by atoms with Crippen molar-refractivity contribution in [2.45, 2.75) is 88.2 Å². The average molecular weight is 510 g/mol. The summed E-state index contributed by atoms with van der Waals surface area (Å²) >= 11 is 0. The lowest BCUT2D eigenvalue weighted by Gasteiger charge is -2.34. The lowest BCUT2D eigenvalue weighted by Crippen LogP contribution is -2.35. The first-order chi connectivity index (χ1) is 16.3. The molecule has 0 N–H and O–H groups in total. The minimum atomic E-state index is -0.903. The fraction of sp³-hybridized carbons (Fsp3) is 0.750. The molecule has 0 bridgehead atoms. The molecule has 0 heterocycles. The second-order valence-corrected chi connectivity index (χ2v) is 13.7. The molecule has 0 radical (unpaired) electrons. The molecule has 0 amide bonds. The van der Waals surface area contributed by atoms with E-state index in [-0.39, 0.29) is 46.3 Å². The molecular formula is C28H47NO7. The van der Waals surface area contributed by atoms with Crippen LogP contribution in [0.25, 0.3) is 0 Å². The molecule has 1 rings (SSSR count). The van der Waals surface area contributed by atoms with Gasteiger partial charge in [0.2, 0.25) is 0 Å². The normalized spacial score (nSPS) is 13.8. The molecule has 206 valence electrons. The molecule has 0 fully saturated rings. The van der Waals surface area contributed by atoms with Gasteiger partial charge in [-0.2, -0.15) is 0 Å². The largest absolute Gasteiger partial charge is 0.513 e. The van der Waals surface area contributed by atoms with E-state index in [0.717, 1.165) is 12.8 Å². The van der Waals surface area contributed by atoms with Gasteiger partial charge in [-0.1, -0.05) is 69.2 Å². The maximum atomic E-state index is 12.2. The summed E-state index contributed by atoms with van der Waals surface area (Å²) in [6.45, 7) is 23.2. The third-order valence-corrected chi connectivity index (χ3v) is 5.16. The van der Waals surface area contributed by atoms with Crippen molar-refractivity contribution in [3.05, 3.63) is 34.4 Å². The Labute approximate surface area is 217 Å². The standard InChI is InChI=1S/C28H47NO7/c1-25(2,3)17-27(7,8)19-33-15-23(35-20-28(9,10)18-26(4,5)6)16-34-24(30)36-22-13-11-21(12-14-22)29(31)32/h11-14,23H,15-20H2,1-10H3. The van der Waals surface area contributed by atoms with Gasteiger partial charge in [-0.05, 0) is 46.6 Å². The van der Waals surface area contributed by atoms with Crippen LogP contribution in [0.2, 0.25) is 0 Å². The van der Waals surface area contributed by atoms with Crippen LogP contribution in [0, 0.1) is 31.8 Å². The summed E-state index contributed by atoms with van der Waals surface area (Å²) in [7, 11) is 0. The zero-order valence-corrected chi connectivity index (χ0v) is 23.9. The number of hydrogen-bond acceptors (Lipinski definition) is 7. The predicted molar refractivity (Wildman–Crippen MR) is 141 cm³/mol. The molecule has 8 heteroatoms. The van der Waals surface area contributed by atoms with Crippen LogP contribution in [-0.4, -0.2) is 43.6 Å². The molecular weight excluding hydrogens is 462 g/mol. The summed E-state index contributed by atoms with van der Waals surface area (Å²) < 4.78 is 22.7.